The van der Waals surface area contributed by atoms with Crippen LogP contribution < -0.4 is 5.73 Å². The van der Waals surface area contributed by atoms with Gasteiger partial charge in [-0.2, -0.15) is 0 Å². The van der Waals surface area contributed by atoms with E-state index in [-0.39, 0.29) is 12.1 Å². The zero-order valence-electron chi connectivity index (χ0n) is 14.1. The average molecular weight is 299 g/mol. The highest BCUT2D eigenvalue weighted by Gasteiger charge is 2.32. The molecule has 0 amide bonds. The maximum absolute atomic E-state index is 9.78. The summed E-state index contributed by atoms with van der Waals surface area (Å²) in [5, 5.41) is 9.78. The Morgan fingerprint density at radius 2 is 1.33 bits per heavy atom. The fourth-order valence-electron chi connectivity index (χ4n) is 3.15. The van der Waals surface area contributed by atoms with Crippen molar-refractivity contribution in [3.8, 4) is 0 Å². The largest absolute Gasteiger partial charge is 0.389 e. The molecule has 3 N–H and O–H groups in total. The molecule has 1 saturated heterocycles. The minimum atomic E-state index is -0.447. The number of unbranched alkanes of at least 4 members (excludes halogenated alkanes) is 11. The van der Waals surface area contributed by atoms with Gasteiger partial charge in [-0.1, -0.05) is 84.0 Å². The van der Waals surface area contributed by atoms with Crippen LogP contribution in [0.3, 0.4) is 0 Å². The lowest BCUT2D eigenvalue weighted by Crippen LogP contribution is -2.36. The summed E-state index contributed by atoms with van der Waals surface area (Å²) < 4.78 is 5.50. The Kier molecular flexibility index (Phi) is 11.2. The Bertz CT molecular complexity index is 235. The fraction of sp³-hybridized carbons (Fsp3) is 1.00. The molecular weight excluding hydrogens is 262 g/mol. The maximum atomic E-state index is 9.78. The third-order valence-corrected chi connectivity index (χ3v) is 4.66. The van der Waals surface area contributed by atoms with Crippen LogP contribution in [0, 0.1) is 0 Å². The predicted octanol–water partition coefficient (Wildman–Crippen LogP) is 4.16. The zero-order valence-corrected chi connectivity index (χ0v) is 14.1. The van der Waals surface area contributed by atoms with Crippen LogP contribution in [0.15, 0.2) is 0 Å². The summed E-state index contributed by atoms with van der Waals surface area (Å²) in [5.74, 6) is 0. The smallest absolute Gasteiger partial charge is 0.0974 e. The minimum absolute atomic E-state index is 0.0110. The van der Waals surface area contributed by atoms with Gasteiger partial charge in [0.2, 0.25) is 0 Å². The number of aliphatic hydroxyl groups excluding tert-OH is 1. The van der Waals surface area contributed by atoms with Crippen LogP contribution in [0.1, 0.15) is 90.4 Å². The van der Waals surface area contributed by atoms with Crippen molar-refractivity contribution in [2.75, 3.05) is 6.61 Å². The molecule has 0 aromatic rings. The molecule has 0 aromatic heterocycles. The van der Waals surface area contributed by atoms with E-state index in [1.54, 1.807) is 0 Å². The molecule has 0 bridgehead atoms. The van der Waals surface area contributed by atoms with Gasteiger partial charge >= 0.3 is 0 Å². The number of hydrogen-bond acceptors (Lipinski definition) is 3. The van der Waals surface area contributed by atoms with Crippen molar-refractivity contribution < 1.29 is 9.84 Å². The quantitative estimate of drug-likeness (QED) is 0.502. The van der Waals surface area contributed by atoms with Crippen molar-refractivity contribution in [2.24, 2.45) is 5.73 Å². The number of aliphatic hydroxyl groups is 1. The van der Waals surface area contributed by atoms with Crippen LogP contribution in [0.2, 0.25) is 0 Å². The summed E-state index contributed by atoms with van der Waals surface area (Å²) in [6.07, 6.45) is 16.9. The molecule has 1 aliphatic heterocycles. The van der Waals surface area contributed by atoms with E-state index >= 15 is 0 Å². The second-order valence-electron chi connectivity index (χ2n) is 6.70. The first-order valence-electron chi connectivity index (χ1n) is 9.31. The Morgan fingerprint density at radius 3 is 1.76 bits per heavy atom. The molecule has 1 fully saturated rings. The van der Waals surface area contributed by atoms with Crippen LogP contribution >= 0.6 is 0 Å². The monoisotopic (exact) mass is 299 g/mol. The van der Waals surface area contributed by atoms with Crippen molar-refractivity contribution in [1.29, 1.82) is 0 Å². The lowest BCUT2D eigenvalue weighted by atomic mass is 10.0. The Balaban J connectivity index is 1.77. The van der Waals surface area contributed by atoms with Gasteiger partial charge in [0.05, 0.1) is 24.9 Å². The number of ether oxygens (including phenoxy) is 1. The molecule has 21 heavy (non-hydrogen) atoms. The molecule has 1 aliphatic rings. The molecule has 0 unspecified atom stereocenters. The second-order valence-corrected chi connectivity index (χ2v) is 6.70. The third kappa shape index (κ3) is 8.80. The first kappa shape index (κ1) is 18.9. The Morgan fingerprint density at radius 1 is 0.857 bits per heavy atom. The van der Waals surface area contributed by atoms with Gasteiger partial charge in [0.15, 0.2) is 0 Å². The molecule has 3 nitrogen and oxygen atoms in total. The normalized spacial score (nSPS) is 25.6. The van der Waals surface area contributed by atoms with E-state index in [4.69, 9.17) is 10.5 Å². The molecule has 3 atom stereocenters. The standard InChI is InChI=1S/C18H37NO2/c1-2-3-4-5-6-7-8-9-10-11-12-13-14-17-18(20)16(19)15-21-17/h16-18,20H,2-15,19H2,1H3/t16-,17+,18+/m1/s1. The molecule has 0 aromatic carbocycles. The van der Waals surface area contributed by atoms with Gasteiger partial charge in [0, 0.05) is 0 Å². The van der Waals surface area contributed by atoms with Crippen molar-refractivity contribution in [2.45, 2.75) is 109 Å². The van der Waals surface area contributed by atoms with E-state index in [1.165, 1.54) is 70.6 Å². The van der Waals surface area contributed by atoms with Gasteiger partial charge in [-0.25, -0.2) is 0 Å². The SMILES string of the molecule is CCCCCCCCCCCCCC[C@@H]1OC[C@@H](N)[C@@H]1O. The number of nitrogens with two attached hydrogens (primary N) is 1. The van der Waals surface area contributed by atoms with Crippen LogP contribution in [0.25, 0.3) is 0 Å². The van der Waals surface area contributed by atoms with E-state index in [2.05, 4.69) is 6.92 Å². The van der Waals surface area contributed by atoms with E-state index < -0.39 is 6.10 Å². The predicted molar refractivity (Wildman–Crippen MR) is 89.4 cm³/mol. The highest BCUT2D eigenvalue weighted by molar-refractivity contribution is 4.85. The Labute approximate surface area is 131 Å². The first-order valence-corrected chi connectivity index (χ1v) is 9.31. The lowest BCUT2D eigenvalue weighted by molar-refractivity contribution is 0.0342. The van der Waals surface area contributed by atoms with Crippen molar-refractivity contribution >= 4 is 0 Å². The molecule has 0 radical (unpaired) electrons. The van der Waals surface area contributed by atoms with Crippen LogP contribution in [-0.4, -0.2) is 30.0 Å². The summed E-state index contributed by atoms with van der Waals surface area (Å²) in [4.78, 5) is 0. The molecule has 3 heteroatoms. The Hall–Kier alpha value is -0.120. The first-order chi connectivity index (χ1) is 10.3. The summed E-state index contributed by atoms with van der Waals surface area (Å²) >= 11 is 0. The number of rotatable bonds is 13. The van der Waals surface area contributed by atoms with E-state index in [0.29, 0.717) is 6.61 Å². The summed E-state index contributed by atoms with van der Waals surface area (Å²) in [5.41, 5.74) is 5.73. The maximum Gasteiger partial charge on any atom is 0.0974 e. The van der Waals surface area contributed by atoms with Gasteiger partial charge < -0.3 is 15.6 Å². The zero-order chi connectivity index (χ0) is 15.3. The molecule has 126 valence electrons. The molecule has 1 heterocycles. The number of hydrogen-bond donors (Lipinski definition) is 2. The van der Waals surface area contributed by atoms with E-state index in [0.717, 1.165) is 12.8 Å². The van der Waals surface area contributed by atoms with Crippen LogP contribution in [0.5, 0.6) is 0 Å². The highest BCUT2D eigenvalue weighted by atomic mass is 16.5. The van der Waals surface area contributed by atoms with E-state index in [9.17, 15) is 5.11 Å². The van der Waals surface area contributed by atoms with Crippen molar-refractivity contribution in [3.05, 3.63) is 0 Å². The molecule has 0 aliphatic carbocycles. The summed E-state index contributed by atoms with van der Waals surface area (Å²) in [6.45, 7) is 2.79. The topological polar surface area (TPSA) is 55.5 Å². The minimum Gasteiger partial charge on any atom is -0.389 e. The average Bonchev–Trinajstić information content (AvgIpc) is 2.80. The molecule has 1 rings (SSSR count). The summed E-state index contributed by atoms with van der Waals surface area (Å²) in [7, 11) is 0. The van der Waals surface area contributed by atoms with Gasteiger partial charge in [0.1, 0.15) is 0 Å². The van der Waals surface area contributed by atoms with Crippen LogP contribution in [-0.2, 0) is 4.74 Å². The molecular formula is C18H37NO2. The van der Waals surface area contributed by atoms with Gasteiger partial charge in [-0.05, 0) is 6.42 Å². The molecule has 0 saturated carbocycles. The van der Waals surface area contributed by atoms with Gasteiger partial charge in [0.25, 0.3) is 0 Å². The van der Waals surface area contributed by atoms with Crippen molar-refractivity contribution in [1.82, 2.24) is 0 Å². The lowest BCUT2D eigenvalue weighted by Gasteiger charge is -2.14. The fourth-order valence-corrected chi connectivity index (χ4v) is 3.15. The van der Waals surface area contributed by atoms with Crippen molar-refractivity contribution in [3.63, 3.8) is 0 Å². The van der Waals surface area contributed by atoms with Crippen LogP contribution in [0.4, 0.5) is 0 Å². The van der Waals surface area contributed by atoms with E-state index in [1.807, 2.05) is 0 Å². The molecule has 0 spiro atoms. The highest BCUT2D eigenvalue weighted by Crippen LogP contribution is 2.19. The third-order valence-electron chi connectivity index (χ3n) is 4.66. The van der Waals surface area contributed by atoms with Gasteiger partial charge in [-0.3, -0.25) is 0 Å². The summed E-state index contributed by atoms with van der Waals surface area (Å²) in [6, 6.07) is -0.174. The second kappa shape index (κ2) is 12.4. The van der Waals surface area contributed by atoms with Gasteiger partial charge in [-0.15, -0.1) is 0 Å².